The molecule has 17 heavy (non-hydrogen) atoms. The summed E-state index contributed by atoms with van der Waals surface area (Å²) in [6.07, 6.45) is 7.55. The maximum absolute atomic E-state index is 5.81. The smallest absolute Gasteiger partial charge is 0.0692 e. The van der Waals surface area contributed by atoms with Crippen LogP contribution in [0.3, 0.4) is 0 Å². The van der Waals surface area contributed by atoms with Gasteiger partial charge in [0.1, 0.15) is 0 Å². The minimum Gasteiger partial charge on any atom is -0.329 e. The highest BCUT2D eigenvalue weighted by molar-refractivity contribution is 9.10. The molecule has 1 rings (SSSR count). The molecule has 0 saturated heterocycles. The lowest BCUT2D eigenvalue weighted by Gasteiger charge is -2.21. The summed E-state index contributed by atoms with van der Waals surface area (Å²) in [7, 11) is 0. The molecular weight excluding hydrogens is 276 g/mol. The summed E-state index contributed by atoms with van der Waals surface area (Å²) >= 11 is 3.46. The van der Waals surface area contributed by atoms with Gasteiger partial charge in [0, 0.05) is 17.1 Å². The van der Waals surface area contributed by atoms with Crippen LogP contribution >= 0.6 is 15.9 Å². The average molecular weight is 295 g/mol. The fourth-order valence-electron chi connectivity index (χ4n) is 1.77. The Labute approximate surface area is 112 Å². The van der Waals surface area contributed by atoms with Gasteiger partial charge < -0.3 is 5.73 Å². The Balaban J connectivity index is 2.75. The number of nitrogens with two attached hydrogens (primary N) is 1. The molecule has 2 atom stereocenters. The van der Waals surface area contributed by atoms with E-state index in [9.17, 15) is 0 Å². The fourth-order valence-corrected chi connectivity index (χ4v) is 2.19. The molecule has 0 radical (unpaired) electrons. The van der Waals surface area contributed by atoms with Crippen molar-refractivity contribution in [2.75, 3.05) is 6.54 Å². The van der Waals surface area contributed by atoms with Crippen LogP contribution < -0.4 is 11.1 Å². The van der Waals surface area contributed by atoms with Gasteiger partial charge in [-0.05, 0) is 24.1 Å². The van der Waals surface area contributed by atoms with Crippen LogP contribution in [0.5, 0.6) is 0 Å². The van der Waals surface area contributed by atoms with Crippen LogP contribution in [0.4, 0.5) is 0 Å². The third-order valence-electron chi connectivity index (χ3n) is 2.67. The van der Waals surface area contributed by atoms with Crippen molar-refractivity contribution in [3.63, 3.8) is 0 Å². The molecule has 2 nitrogen and oxygen atoms in total. The van der Waals surface area contributed by atoms with E-state index in [1.54, 1.807) is 0 Å². The Bertz CT molecular complexity index is 384. The van der Waals surface area contributed by atoms with Crippen molar-refractivity contribution in [2.24, 2.45) is 5.73 Å². The lowest BCUT2D eigenvalue weighted by Crippen LogP contribution is -2.35. The van der Waals surface area contributed by atoms with Gasteiger partial charge in [0.15, 0.2) is 0 Å². The highest BCUT2D eigenvalue weighted by Gasteiger charge is 2.13. The average Bonchev–Trinajstić information content (AvgIpc) is 2.34. The van der Waals surface area contributed by atoms with Gasteiger partial charge >= 0.3 is 0 Å². The molecule has 1 aromatic carbocycles. The standard InChI is InChI=1S/C14H19BrN2/c1-3-6-13(4-2)17-14(10-16)11-7-5-8-12(15)9-11/h2,5,7-9,13-14,17H,3,6,10,16H2,1H3. The fraction of sp³-hybridized carbons (Fsp3) is 0.429. The van der Waals surface area contributed by atoms with Crippen molar-refractivity contribution in [3.05, 3.63) is 34.3 Å². The molecule has 3 heteroatoms. The molecule has 0 fully saturated rings. The van der Waals surface area contributed by atoms with Crippen LogP contribution in [-0.4, -0.2) is 12.6 Å². The monoisotopic (exact) mass is 294 g/mol. The van der Waals surface area contributed by atoms with Crippen molar-refractivity contribution >= 4 is 15.9 Å². The van der Waals surface area contributed by atoms with Gasteiger partial charge in [-0.15, -0.1) is 6.42 Å². The second kappa shape index (κ2) is 7.50. The first kappa shape index (κ1) is 14.2. The van der Waals surface area contributed by atoms with Gasteiger partial charge in [0.2, 0.25) is 0 Å². The van der Waals surface area contributed by atoms with Gasteiger partial charge in [0.25, 0.3) is 0 Å². The summed E-state index contributed by atoms with van der Waals surface area (Å²) in [6, 6.07) is 8.35. The molecule has 0 aliphatic rings. The van der Waals surface area contributed by atoms with E-state index in [2.05, 4.69) is 46.2 Å². The van der Waals surface area contributed by atoms with Crippen LogP contribution in [0.25, 0.3) is 0 Å². The van der Waals surface area contributed by atoms with E-state index in [-0.39, 0.29) is 12.1 Å². The zero-order valence-corrected chi connectivity index (χ0v) is 11.7. The first-order chi connectivity index (χ1) is 8.21. The molecule has 3 N–H and O–H groups in total. The van der Waals surface area contributed by atoms with Gasteiger partial charge in [-0.1, -0.05) is 47.3 Å². The molecule has 0 amide bonds. The predicted octanol–water partition coefficient (Wildman–Crippen LogP) is 2.84. The molecule has 92 valence electrons. The van der Waals surface area contributed by atoms with Crippen molar-refractivity contribution in [1.82, 2.24) is 5.32 Å². The normalized spacial score (nSPS) is 14.0. The number of rotatable bonds is 6. The number of halogens is 1. The maximum Gasteiger partial charge on any atom is 0.0692 e. The topological polar surface area (TPSA) is 38.0 Å². The molecule has 0 saturated carbocycles. The second-order valence-corrected chi connectivity index (χ2v) is 4.93. The van der Waals surface area contributed by atoms with Gasteiger partial charge in [-0.2, -0.15) is 0 Å². The third-order valence-corrected chi connectivity index (χ3v) is 3.16. The Morgan fingerprint density at radius 1 is 1.53 bits per heavy atom. The summed E-state index contributed by atoms with van der Waals surface area (Å²) < 4.78 is 1.06. The lowest BCUT2D eigenvalue weighted by molar-refractivity contribution is 0.475. The molecule has 0 spiro atoms. The third kappa shape index (κ3) is 4.51. The van der Waals surface area contributed by atoms with E-state index < -0.39 is 0 Å². The summed E-state index contributed by atoms with van der Waals surface area (Å²) in [4.78, 5) is 0. The summed E-state index contributed by atoms with van der Waals surface area (Å²) in [5, 5.41) is 3.42. The zero-order valence-electron chi connectivity index (χ0n) is 10.1. The van der Waals surface area contributed by atoms with E-state index in [1.165, 1.54) is 5.56 Å². The SMILES string of the molecule is C#CC(CCC)NC(CN)c1cccc(Br)c1. The minimum atomic E-state index is 0.0903. The summed E-state index contributed by atoms with van der Waals surface area (Å²) in [6.45, 7) is 2.67. The number of hydrogen-bond donors (Lipinski definition) is 2. The van der Waals surface area contributed by atoms with Crippen molar-refractivity contribution < 1.29 is 0 Å². The lowest BCUT2D eigenvalue weighted by atomic mass is 10.0. The van der Waals surface area contributed by atoms with Gasteiger partial charge in [-0.3, -0.25) is 5.32 Å². The number of benzene rings is 1. The molecule has 0 aromatic heterocycles. The first-order valence-corrected chi connectivity index (χ1v) is 6.68. The van der Waals surface area contributed by atoms with Crippen molar-refractivity contribution in [2.45, 2.75) is 31.8 Å². The second-order valence-electron chi connectivity index (χ2n) is 4.02. The van der Waals surface area contributed by atoms with Crippen molar-refractivity contribution in [3.8, 4) is 12.3 Å². The van der Waals surface area contributed by atoms with Crippen LogP contribution in [0.1, 0.15) is 31.4 Å². The van der Waals surface area contributed by atoms with E-state index in [4.69, 9.17) is 12.2 Å². The van der Waals surface area contributed by atoms with Crippen molar-refractivity contribution in [1.29, 1.82) is 0 Å². The summed E-state index contributed by atoms with van der Waals surface area (Å²) in [5.41, 5.74) is 6.97. The molecule has 1 aromatic rings. The molecular formula is C14H19BrN2. The Hall–Kier alpha value is -0.820. The number of hydrogen-bond acceptors (Lipinski definition) is 2. The quantitative estimate of drug-likeness (QED) is 0.792. The van der Waals surface area contributed by atoms with Crippen LogP contribution in [-0.2, 0) is 0 Å². The van der Waals surface area contributed by atoms with Crippen LogP contribution in [0.15, 0.2) is 28.7 Å². The molecule has 0 heterocycles. The van der Waals surface area contributed by atoms with Gasteiger partial charge in [-0.25, -0.2) is 0 Å². The molecule has 2 unspecified atom stereocenters. The highest BCUT2D eigenvalue weighted by atomic mass is 79.9. The largest absolute Gasteiger partial charge is 0.329 e. The maximum atomic E-state index is 5.81. The van der Waals surface area contributed by atoms with E-state index in [0.29, 0.717) is 6.54 Å². The highest BCUT2D eigenvalue weighted by Crippen LogP contribution is 2.18. The van der Waals surface area contributed by atoms with E-state index in [0.717, 1.165) is 17.3 Å². The minimum absolute atomic E-state index is 0.0903. The summed E-state index contributed by atoms with van der Waals surface area (Å²) in [5.74, 6) is 2.77. The Morgan fingerprint density at radius 2 is 2.29 bits per heavy atom. The number of nitrogens with one attached hydrogen (secondary N) is 1. The van der Waals surface area contributed by atoms with Crippen LogP contribution in [0, 0.1) is 12.3 Å². The van der Waals surface area contributed by atoms with Crippen LogP contribution in [0.2, 0.25) is 0 Å². The number of terminal acetylenes is 1. The molecule has 0 bridgehead atoms. The molecule has 0 aliphatic carbocycles. The Morgan fingerprint density at radius 3 is 2.82 bits per heavy atom. The predicted molar refractivity (Wildman–Crippen MR) is 76.6 cm³/mol. The first-order valence-electron chi connectivity index (χ1n) is 5.89. The Kier molecular flexibility index (Phi) is 6.28. The zero-order chi connectivity index (χ0) is 12.7. The van der Waals surface area contributed by atoms with E-state index >= 15 is 0 Å². The van der Waals surface area contributed by atoms with Gasteiger partial charge in [0.05, 0.1) is 6.04 Å². The van der Waals surface area contributed by atoms with E-state index in [1.807, 2.05) is 12.1 Å². The molecule has 0 aliphatic heterocycles.